The van der Waals surface area contributed by atoms with Crippen LogP contribution < -0.4 is 23.7 Å². The molecule has 1 aliphatic rings. The molecule has 3 rings (SSSR count). The maximum absolute atomic E-state index is 6.59. The number of hydrogen-bond acceptors (Lipinski definition) is 6. The van der Waals surface area contributed by atoms with E-state index in [1.165, 1.54) is 0 Å². The molecule has 2 aromatic carbocycles. The molecule has 0 saturated carbocycles. The van der Waals surface area contributed by atoms with E-state index in [0.29, 0.717) is 17.2 Å². The van der Waals surface area contributed by atoms with Crippen LogP contribution in [-0.4, -0.2) is 35.5 Å². The van der Waals surface area contributed by atoms with Crippen molar-refractivity contribution in [2.45, 2.75) is 26.1 Å². The first-order valence-corrected chi connectivity index (χ1v) is 9.66. The minimum absolute atomic E-state index is 0.125. The van der Waals surface area contributed by atoms with Crippen molar-refractivity contribution in [2.75, 3.05) is 35.5 Å². The highest BCUT2D eigenvalue weighted by molar-refractivity contribution is 5.54. The Bertz CT molecular complexity index is 824. The summed E-state index contributed by atoms with van der Waals surface area (Å²) in [4.78, 5) is 0. The molecule has 0 amide bonds. The summed E-state index contributed by atoms with van der Waals surface area (Å²) in [7, 11) is 8.16. The van der Waals surface area contributed by atoms with Crippen molar-refractivity contribution in [3.63, 3.8) is 0 Å². The normalized spacial score (nSPS) is 23.6. The molecule has 158 valence electrons. The number of ether oxygens (including phenoxy) is 6. The molecule has 0 spiro atoms. The molecule has 1 aliphatic heterocycles. The Morgan fingerprint density at radius 3 is 1.76 bits per heavy atom. The third-order valence-electron chi connectivity index (χ3n) is 5.84. The van der Waals surface area contributed by atoms with E-state index in [4.69, 9.17) is 28.4 Å². The number of methoxy groups -OCH3 is 5. The van der Waals surface area contributed by atoms with Gasteiger partial charge < -0.3 is 28.4 Å². The van der Waals surface area contributed by atoms with Gasteiger partial charge in [-0.25, -0.2) is 0 Å². The summed E-state index contributed by atoms with van der Waals surface area (Å²) < 4.78 is 34.1. The fourth-order valence-electron chi connectivity index (χ4n) is 4.02. The molecule has 4 atom stereocenters. The van der Waals surface area contributed by atoms with Crippen LogP contribution in [0.2, 0.25) is 0 Å². The summed E-state index contributed by atoms with van der Waals surface area (Å²) in [5.41, 5.74) is 1.98. The minimum Gasteiger partial charge on any atom is -0.497 e. The number of rotatable bonds is 7. The molecule has 1 fully saturated rings. The highest BCUT2D eigenvalue weighted by Gasteiger charge is 2.42. The fourth-order valence-corrected chi connectivity index (χ4v) is 4.02. The van der Waals surface area contributed by atoms with E-state index in [9.17, 15) is 0 Å². The van der Waals surface area contributed by atoms with E-state index in [1.807, 2.05) is 30.3 Å². The largest absolute Gasteiger partial charge is 0.497 e. The molecule has 0 aromatic heterocycles. The van der Waals surface area contributed by atoms with Crippen LogP contribution in [-0.2, 0) is 4.74 Å². The Morgan fingerprint density at radius 1 is 0.655 bits per heavy atom. The van der Waals surface area contributed by atoms with Crippen LogP contribution >= 0.6 is 0 Å². The van der Waals surface area contributed by atoms with Crippen LogP contribution in [0.4, 0.5) is 0 Å². The Labute approximate surface area is 172 Å². The molecular formula is C23H30O6. The van der Waals surface area contributed by atoms with Gasteiger partial charge in [0.1, 0.15) is 11.5 Å². The van der Waals surface area contributed by atoms with Gasteiger partial charge in [-0.15, -0.1) is 0 Å². The van der Waals surface area contributed by atoms with Gasteiger partial charge in [0.05, 0.1) is 47.8 Å². The zero-order chi connectivity index (χ0) is 21.1. The zero-order valence-electron chi connectivity index (χ0n) is 18.1. The highest BCUT2D eigenvalue weighted by atomic mass is 16.5. The fraction of sp³-hybridized carbons (Fsp3) is 0.478. The van der Waals surface area contributed by atoms with Crippen molar-refractivity contribution >= 4 is 0 Å². The Kier molecular flexibility index (Phi) is 6.42. The quantitative estimate of drug-likeness (QED) is 0.662. The van der Waals surface area contributed by atoms with Gasteiger partial charge in [-0.2, -0.15) is 0 Å². The van der Waals surface area contributed by atoms with Crippen LogP contribution in [0.3, 0.4) is 0 Å². The van der Waals surface area contributed by atoms with E-state index in [-0.39, 0.29) is 24.0 Å². The van der Waals surface area contributed by atoms with Crippen molar-refractivity contribution in [3.8, 4) is 28.7 Å². The second-order valence-electron chi connectivity index (χ2n) is 7.26. The molecule has 2 aromatic rings. The van der Waals surface area contributed by atoms with E-state index < -0.39 is 0 Å². The maximum atomic E-state index is 6.59. The lowest BCUT2D eigenvalue weighted by Crippen LogP contribution is -2.11. The predicted molar refractivity (Wildman–Crippen MR) is 111 cm³/mol. The Hall–Kier alpha value is -2.60. The lowest BCUT2D eigenvalue weighted by molar-refractivity contribution is 0.0274. The summed E-state index contributed by atoms with van der Waals surface area (Å²) in [5, 5.41) is 0. The zero-order valence-corrected chi connectivity index (χ0v) is 18.1. The third-order valence-corrected chi connectivity index (χ3v) is 5.84. The number of benzene rings is 2. The van der Waals surface area contributed by atoms with Crippen molar-refractivity contribution in [2.24, 2.45) is 11.8 Å². The summed E-state index contributed by atoms with van der Waals surface area (Å²) in [5.74, 6) is 3.91. The van der Waals surface area contributed by atoms with Gasteiger partial charge in [0, 0.05) is 5.56 Å². The molecule has 0 radical (unpaired) electrons. The smallest absolute Gasteiger partial charge is 0.203 e. The Balaban J connectivity index is 2.01. The van der Waals surface area contributed by atoms with E-state index in [1.54, 1.807) is 35.5 Å². The van der Waals surface area contributed by atoms with Crippen molar-refractivity contribution < 1.29 is 28.4 Å². The molecule has 6 nitrogen and oxygen atoms in total. The summed E-state index contributed by atoms with van der Waals surface area (Å²) >= 11 is 0. The lowest BCUT2D eigenvalue weighted by Gasteiger charge is -2.20. The summed E-state index contributed by atoms with van der Waals surface area (Å²) in [6.07, 6.45) is -0.251. The molecule has 0 aliphatic carbocycles. The third kappa shape index (κ3) is 3.81. The average Bonchev–Trinajstić information content (AvgIpc) is 3.06. The maximum Gasteiger partial charge on any atom is 0.203 e. The number of hydrogen-bond donors (Lipinski definition) is 0. The molecule has 0 bridgehead atoms. The van der Waals surface area contributed by atoms with Gasteiger partial charge in [-0.3, -0.25) is 0 Å². The Morgan fingerprint density at radius 2 is 1.24 bits per heavy atom. The van der Waals surface area contributed by atoms with Gasteiger partial charge >= 0.3 is 0 Å². The topological polar surface area (TPSA) is 55.4 Å². The summed E-state index contributed by atoms with van der Waals surface area (Å²) in [6.45, 7) is 4.40. The van der Waals surface area contributed by atoms with Crippen LogP contribution in [0.5, 0.6) is 28.7 Å². The van der Waals surface area contributed by atoms with Crippen molar-refractivity contribution in [1.29, 1.82) is 0 Å². The van der Waals surface area contributed by atoms with Crippen LogP contribution in [0.25, 0.3) is 0 Å². The van der Waals surface area contributed by atoms with Crippen molar-refractivity contribution in [1.82, 2.24) is 0 Å². The molecule has 29 heavy (non-hydrogen) atoms. The average molecular weight is 402 g/mol. The van der Waals surface area contributed by atoms with Gasteiger partial charge in [0.2, 0.25) is 5.75 Å². The first-order chi connectivity index (χ1) is 14.0. The van der Waals surface area contributed by atoms with Gasteiger partial charge in [0.25, 0.3) is 0 Å². The second kappa shape index (κ2) is 8.82. The van der Waals surface area contributed by atoms with E-state index >= 15 is 0 Å². The van der Waals surface area contributed by atoms with Gasteiger partial charge in [-0.05, 0) is 47.7 Å². The first-order valence-electron chi connectivity index (χ1n) is 9.66. The van der Waals surface area contributed by atoms with E-state index in [2.05, 4.69) is 13.8 Å². The SMILES string of the molecule is COc1ccc(OC)c([C@@H]2O[C@@H](c3cc(OC)c(OC)c(OC)c3)[C@H](C)[C@@H]2C)c1. The molecule has 6 heteroatoms. The standard InChI is InChI=1S/C23H30O6/c1-13-14(2)22(17-12-16(24-3)8-9-18(17)25-4)29-21(13)15-10-19(26-5)23(28-7)20(11-15)27-6/h8-14,21-22H,1-7H3/t13-,14+,21-,22-/m1/s1. The van der Waals surface area contributed by atoms with Crippen LogP contribution in [0.1, 0.15) is 37.2 Å². The predicted octanol–water partition coefficient (Wildman–Crippen LogP) is 4.81. The van der Waals surface area contributed by atoms with Crippen LogP contribution in [0, 0.1) is 11.8 Å². The minimum atomic E-state index is -0.126. The highest BCUT2D eigenvalue weighted by Crippen LogP contribution is 2.53. The monoisotopic (exact) mass is 402 g/mol. The lowest BCUT2D eigenvalue weighted by atomic mass is 9.85. The van der Waals surface area contributed by atoms with Gasteiger partial charge in [0.15, 0.2) is 11.5 Å². The molecule has 0 unspecified atom stereocenters. The second-order valence-corrected chi connectivity index (χ2v) is 7.26. The first kappa shape index (κ1) is 21.1. The van der Waals surface area contributed by atoms with Crippen LogP contribution in [0.15, 0.2) is 30.3 Å². The molecular weight excluding hydrogens is 372 g/mol. The van der Waals surface area contributed by atoms with Crippen molar-refractivity contribution in [3.05, 3.63) is 41.5 Å². The molecule has 0 N–H and O–H groups in total. The van der Waals surface area contributed by atoms with Gasteiger partial charge in [-0.1, -0.05) is 13.8 Å². The molecule has 1 heterocycles. The van der Waals surface area contributed by atoms with E-state index in [0.717, 1.165) is 22.6 Å². The molecule has 1 saturated heterocycles. The summed E-state index contributed by atoms with van der Waals surface area (Å²) in [6, 6.07) is 9.72.